The second-order valence-electron chi connectivity index (χ2n) is 3.10. The van der Waals surface area contributed by atoms with Gasteiger partial charge in [0.1, 0.15) is 5.56 Å². The van der Waals surface area contributed by atoms with Gasteiger partial charge in [0.25, 0.3) is 0 Å². The van der Waals surface area contributed by atoms with Gasteiger partial charge in [0.05, 0.1) is 11.3 Å². The van der Waals surface area contributed by atoms with E-state index in [-0.39, 0.29) is 10.7 Å². The third-order valence-corrected chi connectivity index (χ3v) is 3.69. The Morgan fingerprint density at radius 3 is 2.76 bits per heavy atom. The molecule has 0 spiro atoms. The van der Waals surface area contributed by atoms with Crippen LogP contribution >= 0.6 is 35.0 Å². The lowest BCUT2D eigenvalue weighted by Crippen LogP contribution is -1.94. The summed E-state index contributed by atoms with van der Waals surface area (Å²) in [6.45, 7) is 0. The SMILES string of the molecule is O=C(O)c1ccoc1Sc1cc(Cl)ccc1Cl. The van der Waals surface area contributed by atoms with E-state index in [0.29, 0.717) is 14.9 Å². The summed E-state index contributed by atoms with van der Waals surface area (Å²) >= 11 is 12.9. The average Bonchev–Trinajstić information content (AvgIpc) is 2.71. The van der Waals surface area contributed by atoms with Crippen LogP contribution in [0.3, 0.4) is 0 Å². The van der Waals surface area contributed by atoms with Crippen LogP contribution in [0.4, 0.5) is 0 Å². The topological polar surface area (TPSA) is 50.4 Å². The minimum absolute atomic E-state index is 0.103. The largest absolute Gasteiger partial charge is 0.478 e. The van der Waals surface area contributed by atoms with Gasteiger partial charge in [0, 0.05) is 9.92 Å². The zero-order chi connectivity index (χ0) is 12.4. The Hall–Kier alpha value is -1.10. The van der Waals surface area contributed by atoms with Gasteiger partial charge in [0.15, 0.2) is 5.09 Å². The monoisotopic (exact) mass is 288 g/mol. The van der Waals surface area contributed by atoms with Crippen LogP contribution in [0.25, 0.3) is 0 Å². The standard InChI is InChI=1S/C11H6Cl2O3S/c12-6-1-2-8(13)9(5-6)17-11-7(10(14)15)3-4-16-11/h1-5H,(H,14,15). The molecule has 2 rings (SSSR count). The quantitative estimate of drug-likeness (QED) is 0.907. The minimum atomic E-state index is -1.04. The molecule has 0 atom stereocenters. The van der Waals surface area contributed by atoms with Crippen LogP contribution in [0, 0.1) is 0 Å². The summed E-state index contributed by atoms with van der Waals surface area (Å²) in [4.78, 5) is 11.5. The molecule has 17 heavy (non-hydrogen) atoms. The first-order chi connectivity index (χ1) is 8.08. The van der Waals surface area contributed by atoms with Crippen molar-refractivity contribution >= 4 is 40.9 Å². The Balaban J connectivity index is 2.34. The predicted octanol–water partition coefficient (Wildman–Crippen LogP) is 4.44. The molecule has 0 bridgehead atoms. The summed E-state index contributed by atoms with van der Waals surface area (Å²) in [6, 6.07) is 6.36. The van der Waals surface area contributed by atoms with Crippen LogP contribution in [0.15, 0.2) is 44.9 Å². The summed E-state index contributed by atoms with van der Waals surface area (Å²) < 4.78 is 5.11. The van der Waals surface area contributed by atoms with Crippen molar-refractivity contribution in [3.05, 3.63) is 46.1 Å². The fraction of sp³-hybridized carbons (Fsp3) is 0. The van der Waals surface area contributed by atoms with Crippen molar-refractivity contribution in [3.63, 3.8) is 0 Å². The van der Waals surface area contributed by atoms with E-state index in [1.165, 1.54) is 12.3 Å². The molecule has 0 fully saturated rings. The van der Waals surface area contributed by atoms with Gasteiger partial charge in [-0.15, -0.1) is 0 Å². The molecule has 6 heteroatoms. The van der Waals surface area contributed by atoms with Crippen molar-refractivity contribution in [1.29, 1.82) is 0 Å². The maximum atomic E-state index is 10.9. The first kappa shape index (κ1) is 12.4. The molecular weight excluding hydrogens is 283 g/mol. The highest BCUT2D eigenvalue weighted by atomic mass is 35.5. The maximum Gasteiger partial charge on any atom is 0.340 e. The van der Waals surface area contributed by atoms with Gasteiger partial charge in [-0.25, -0.2) is 4.79 Å². The molecule has 88 valence electrons. The molecule has 0 radical (unpaired) electrons. The summed E-state index contributed by atoms with van der Waals surface area (Å²) in [5, 5.41) is 10.2. The summed E-state index contributed by atoms with van der Waals surface area (Å²) in [7, 11) is 0. The van der Waals surface area contributed by atoms with Crippen LogP contribution in [0.1, 0.15) is 10.4 Å². The third kappa shape index (κ3) is 2.77. The third-order valence-electron chi connectivity index (χ3n) is 1.96. The van der Waals surface area contributed by atoms with Gasteiger partial charge in [-0.3, -0.25) is 0 Å². The Labute approximate surface area is 111 Å². The predicted molar refractivity (Wildman–Crippen MR) is 66.3 cm³/mol. The van der Waals surface area contributed by atoms with Gasteiger partial charge in [-0.05, 0) is 36.0 Å². The lowest BCUT2D eigenvalue weighted by Gasteiger charge is -2.03. The molecule has 0 aliphatic heterocycles. The smallest absolute Gasteiger partial charge is 0.340 e. The van der Waals surface area contributed by atoms with E-state index in [9.17, 15) is 4.79 Å². The number of rotatable bonds is 3. The van der Waals surface area contributed by atoms with Crippen molar-refractivity contribution in [2.24, 2.45) is 0 Å². The molecule has 1 aromatic carbocycles. The number of carboxylic acids is 1. The molecular formula is C11H6Cl2O3S. The Morgan fingerprint density at radius 2 is 2.06 bits per heavy atom. The number of furan rings is 1. The van der Waals surface area contributed by atoms with Crippen LogP contribution in [0.5, 0.6) is 0 Å². The summed E-state index contributed by atoms with van der Waals surface area (Å²) in [6.07, 6.45) is 1.32. The fourth-order valence-electron chi connectivity index (χ4n) is 1.19. The first-order valence-electron chi connectivity index (χ1n) is 4.51. The molecule has 1 heterocycles. The molecule has 3 nitrogen and oxygen atoms in total. The van der Waals surface area contributed by atoms with Gasteiger partial charge < -0.3 is 9.52 Å². The molecule has 0 amide bonds. The van der Waals surface area contributed by atoms with E-state index in [2.05, 4.69) is 0 Å². The van der Waals surface area contributed by atoms with E-state index >= 15 is 0 Å². The number of hydrogen-bond acceptors (Lipinski definition) is 3. The lowest BCUT2D eigenvalue weighted by molar-refractivity contribution is 0.0690. The van der Waals surface area contributed by atoms with Crippen molar-refractivity contribution < 1.29 is 14.3 Å². The van der Waals surface area contributed by atoms with Crippen molar-refractivity contribution in [1.82, 2.24) is 0 Å². The highest BCUT2D eigenvalue weighted by molar-refractivity contribution is 7.99. The Kier molecular flexibility index (Phi) is 3.66. The van der Waals surface area contributed by atoms with Gasteiger partial charge in [-0.2, -0.15) is 0 Å². The van der Waals surface area contributed by atoms with E-state index in [1.54, 1.807) is 18.2 Å². The Bertz CT molecular complexity index is 566. The number of carboxylic acid groups (broad SMARTS) is 1. The van der Waals surface area contributed by atoms with Crippen LogP contribution in [-0.4, -0.2) is 11.1 Å². The molecule has 0 unspecified atom stereocenters. The molecule has 0 saturated heterocycles. The molecule has 0 aliphatic rings. The number of halogens is 2. The van der Waals surface area contributed by atoms with Crippen LogP contribution in [-0.2, 0) is 0 Å². The first-order valence-corrected chi connectivity index (χ1v) is 6.09. The lowest BCUT2D eigenvalue weighted by atomic mass is 10.3. The second-order valence-corrected chi connectivity index (χ2v) is 4.96. The zero-order valence-corrected chi connectivity index (χ0v) is 10.6. The number of carbonyl (C=O) groups is 1. The number of hydrogen-bond donors (Lipinski definition) is 1. The molecule has 1 aromatic heterocycles. The zero-order valence-electron chi connectivity index (χ0n) is 8.31. The summed E-state index contributed by atoms with van der Waals surface area (Å²) in [5.41, 5.74) is 0.103. The molecule has 0 aliphatic carbocycles. The average molecular weight is 289 g/mol. The van der Waals surface area contributed by atoms with E-state index in [1.807, 2.05) is 0 Å². The van der Waals surface area contributed by atoms with Crippen LogP contribution < -0.4 is 0 Å². The van der Waals surface area contributed by atoms with E-state index in [0.717, 1.165) is 11.8 Å². The molecule has 0 saturated carbocycles. The molecule has 2 aromatic rings. The minimum Gasteiger partial charge on any atom is -0.478 e. The normalized spacial score (nSPS) is 10.5. The van der Waals surface area contributed by atoms with E-state index in [4.69, 9.17) is 32.7 Å². The van der Waals surface area contributed by atoms with Gasteiger partial charge in [-0.1, -0.05) is 23.2 Å². The van der Waals surface area contributed by atoms with Gasteiger partial charge in [0.2, 0.25) is 0 Å². The van der Waals surface area contributed by atoms with Crippen molar-refractivity contribution in [2.45, 2.75) is 9.99 Å². The number of benzene rings is 1. The van der Waals surface area contributed by atoms with Gasteiger partial charge >= 0.3 is 5.97 Å². The highest BCUT2D eigenvalue weighted by Crippen LogP contribution is 2.37. The van der Waals surface area contributed by atoms with Crippen LogP contribution in [0.2, 0.25) is 10.0 Å². The van der Waals surface area contributed by atoms with Crippen molar-refractivity contribution in [3.8, 4) is 0 Å². The van der Waals surface area contributed by atoms with Crippen molar-refractivity contribution in [2.75, 3.05) is 0 Å². The summed E-state index contributed by atoms with van der Waals surface area (Å²) in [5.74, 6) is -1.04. The number of aromatic carboxylic acids is 1. The Morgan fingerprint density at radius 1 is 1.29 bits per heavy atom. The molecule has 1 N–H and O–H groups in total. The maximum absolute atomic E-state index is 10.9. The highest BCUT2D eigenvalue weighted by Gasteiger charge is 2.16. The second kappa shape index (κ2) is 5.04. The fourth-order valence-corrected chi connectivity index (χ4v) is 2.58. The van der Waals surface area contributed by atoms with E-state index < -0.39 is 5.97 Å².